The molecule has 170 valence electrons. The Morgan fingerprint density at radius 2 is 2.12 bits per heavy atom. The highest BCUT2D eigenvalue weighted by molar-refractivity contribution is 5.91. The topological polar surface area (TPSA) is 116 Å². The molecule has 1 amide bonds. The number of rotatable bonds is 3. The number of nitrogen functional groups attached to an aromatic ring is 1. The molecule has 6 rings (SSSR count). The van der Waals surface area contributed by atoms with Crippen LogP contribution in [0.3, 0.4) is 0 Å². The van der Waals surface area contributed by atoms with Gasteiger partial charge < -0.3 is 15.1 Å². The Morgan fingerprint density at radius 3 is 2.91 bits per heavy atom. The number of aromatic nitrogens is 5. The molecule has 1 aromatic carbocycles. The van der Waals surface area contributed by atoms with E-state index in [2.05, 4.69) is 33.4 Å². The van der Waals surface area contributed by atoms with Crippen molar-refractivity contribution in [2.45, 2.75) is 37.6 Å². The van der Waals surface area contributed by atoms with Gasteiger partial charge in [-0.05, 0) is 49.5 Å². The highest BCUT2D eigenvalue weighted by Gasteiger charge is 2.29. The number of hydrogen-bond acceptors (Lipinski definition) is 7. The zero-order valence-corrected chi connectivity index (χ0v) is 18.6. The molecule has 1 aliphatic heterocycles. The fourth-order valence-corrected chi connectivity index (χ4v) is 4.59. The van der Waals surface area contributed by atoms with E-state index in [-0.39, 0.29) is 11.9 Å². The number of fused-ring (bicyclic) bond motifs is 2. The van der Waals surface area contributed by atoms with Crippen molar-refractivity contribution in [3.63, 3.8) is 0 Å². The number of nitrogens with zero attached hydrogens (tertiary/aromatic N) is 6. The number of carbonyl (C=O) groups is 1. The number of benzene rings is 1. The molecule has 0 radical (unpaired) electrons. The third-order valence-electron chi connectivity index (χ3n) is 6.70. The van der Waals surface area contributed by atoms with Gasteiger partial charge in [-0.3, -0.25) is 4.79 Å². The summed E-state index contributed by atoms with van der Waals surface area (Å²) in [7, 11) is 0. The molecular weight excluding hydrogens is 430 g/mol. The van der Waals surface area contributed by atoms with Crippen LogP contribution in [0.2, 0.25) is 0 Å². The number of carbonyl (C=O) groups excluding carboxylic acids is 1. The summed E-state index contributed by atoms with van der Waals surface area (Å²) in [6.07, 6.45) is 7.03. The van der Waals surface area contributed by atoms with E-state index in [4.69, 9.17) is 15.2 Å². The summed E-state index contributed by atoms with van der Waals surface area (Å²) >= 11 is 0. The van der Waals surface area contributed by atoms with E-state index in [0.717, 1.165) is 41.8 Å². The molecule has 4 heterocycles. The zero-order valence-electron chi connectivity index (χ0n) is 18.6. The van der Waals surface area contributed by atoms with Gasteiger partial charge in [0.15, 0.2) is 17.1 Å². The minimum absolute atomic E-state index is 0.0207. The lowest BCUT2D eigenvalue weighted by Gasteiger charge is -2.21. The molecule has 34 heavy (non-hydrogen) atoms. The molecule has 2 aliphatic rings. The van der Waals surface area contributed by atoms with Crippen molar-refractivity contribution < 1.29 is 9.21 Å². The second-order valence-electron chi connectivity index (χ2n) is 8.79. The van der Waals surface area contributed by atoms with Crippen LogP contribution < -0.4 is 5.73 Å². The third-order valence-corrected chi connectivity index (χ3v) is 6.70. The number of nitrogens with two attached hydrogens (primary N) is 1. The number of oxazole rings is 1. The van der Waals surface area contributed by atoms with Crippen LogP contribution in [0.15, 0.2) is 41.6 Å². The van der Waals surface area contributed by atoms with E-state index < -0.39 is 0 Å². The van der Waals surface area contributed by atoms with Gasteiger partial charge in [-0.15, -0.1) is 0 Å². The summed E-state index contributed by atoms with van der Waals surface area (Å²) in [5.74, 6) is 7.84. The van der Waals surface area contributed by atoms with Gasteiger partial charge in [0.1, 0.15) is 23.4 Å². The van der Waals surface area contributed by atoms with Crippen LogP contribution >= 0.6 is 0 Å². The van der Waals surface area contributed by atoms with Crippen LogP contribution in [0.1, 0.15) is 54.8 Å². The minimum Gasteiger partial charge on any atom is -0.440 e. The summed E-state index contributed by atoms with van der Waals surface area (Å²) in [5.41, 5.74) is 9.71. The van der Waals surface area contributed by atoms with Crippen molar-refractivity contribution in [1.29, 1.82) is 0 Å². The molecule has 0 spiro atoms. The van der Waals surface area contributed by atoms with Crippen LogP contribution in [0.5, 0.6) is 0 Å². The van der Waals surface area contributed by atoms with Gasteiger partial charge in [0.25, 0.3) is 0 Å². The first-order valence-corrected chi connectivity index (χ1v) is 11.4. The van der Waals surface area contributed by atoms with E-state index in [9.17, 15) is 4.79 Å². The summed E-state index contributed by atoms with van der Waals surface area (Å²) in [4.78, 5) is 27.0. The second-order valence-corrected chi connectivity index (χ2v) is 8.79. The average Bonchev–Trinajstić information content (AvgIpc) is 3.52. The van der Waals surface area contributed by atoms with Crippen molar-refractivity contribution in [1.82, 2.24) is 29.6 Å². The van der Waals surface area contributed by atoms with Gasteiger partial charge in [0, 0.05) is 24.6 Å². The minimum atomic E-state index is -0.0863. The largest absolute Gasteiger partial charge is 0.440 e. The Balaban J connectivity index is 1.35. The maximum atomic E-state index is 12.0. The molecule has 3 aromatic heterocycles. The maximum Gasteiger partial charge on any atom is 0.246 e. The SMILES string of the molecule is C=CC(=O)N1CCC(n2nc(C#Cc3ccc4oc(C5CCC5)nc4c3)c3c(N)ncnc32)C1. The van der Waals surface area contributed by atoms with E-state index in [1.165, 1.54) is 18.8 Å². The number of amides is 1. The van der Waals surface area contributed by atoms with Crippen molar-refractivity contribution >= 4 is 33.9 Å². The lowest BCUT2D eigenvalue weighted by atomic mass is 9.85. The van der Waals surface area contributed by atoms with Crippen molar-refractivity contribution in [3.05, 3.63) is 54.3 Å². The summed E-state index contributed by atoms with van der Waals surface area (Å²) in [6.45, 7) is 4.75. The van der Waals surface area contributed by atoms with E-state index in [1.54, 1.807) is 4.90 Å². The smallest absolute Gasteiger partial charge is 0.246 e. The fourth-order valence-electron chi connectivity index (χ4n) is 4.59. The lowest BCUT2D eigenvalue weighted by Crippen LogP contribution is -2.27. The molecule has 1 aliphatic carbocycles. The van der Waals surface area contributed by atoms with Gasteiger partial charge in [0.2, 0.25) is 5.91 Å². The molecule has 2 N–H and O–H groups in total. The maximum absolute atomic E-state index is 12.0. The Kier molecular flexibility index (Phi) is 4.80. The molecule has 1 atom stereocenters. The molecular formula is C25H23N7O2. The normalized spacial score (nSPS) is 18.1. The van der Waals surface area contributed by atoms with Crippen LogP contribution in [-0.2, 0) is 4.79 Å². The molecule has 4 aromatic rings. The van der Waals surface area contributed by atoms with Gasteiger partial charge in [0.05, 0.1) is 11.4 Å². The van der Waals surface area contributed by atoms with E-state index in [0.29, 0.717) is 41.6 Å². The van der Waals surface area contributed by atoms with Gasteiger partial charge in [-0.1, -0.05) is 18.9 Å². The molecule has 1 unspecified atom stereocenters. The molecule has 1 saturated carbocycles. The molecule has 1 saturated heterocycles. The van der Waals surface area contributed by atoms with Crippen molar-refractivity contribution in [3.8, 4) is 11.8 Å². The van der Waals surface area contributed by atoms with Crippen molar-refractivity contribution in [2.24, 2.45) is 0 Å². The quantitative estimate of drug-likeness (QED) is 0.374. The Hall–Kier alpha value is -4.19. The second kappa shape index (κ2) is 7.99. The van der Waals surface area contributed by atoms with E-state index in [1.807, 2.05) is 22.9 Å². The molecule has 2 fully saturated rings. The predicted molar refractivity (Wildman–Crippen MR) is 127 cm³/mol. The van der Waals surface area contributed by atoms with Crippen LogP contribution in [0.25, 0.3) is 22.1 Å². The first-order chi connectivity index (χ1) is 16.6. The predicted octanol–water partition coefficient (Wildman–Crippen LogP) is 3.18. The van der Waals surface area contributed by atoms with Crippen LogP contribution in [0.4, 0.5) is 5.82 Å². The van der Waals surface area contributed by atoms with Gasteiger partial charge in [-0.2, -0.15) is 5.10 Å². The zero-order chi connectivity index (χ0) is 23.2. The van der Waals surface area contributed by atoms with Gasteiger partial charge >= 0.3 is 0 Å². The number of anilines is 1. The highest BCUT2D eigenvalue weighted by atomic mass is 16.3. The first kappa shape index (κ1) is 20.4. The van der Waals surface area contributed by atoms with Crippen LogP contribution in [-0.4, -0.2) is 48.6 Å². The molecule has 0 bridgehead atoms. The van der Waals surface area contributed by atoms with Crippen LogP contribution in [0, 0.1) is 11.8 Å². The third kappa shape index (κ3) is 3.39. The first-order valence-electron chi connectivity index (χ1n) is 11.4. The summed E-state index contributed by atoms with van der Waals surface area (Å²) < 4.78 is 7.73. The number of hydrogen-bond donors (Lipinski definition) is 1. The fraction of sp³-hybridized carbons (Fsp3) is 0.320. The Morgan fingerprint density at radius 1 is 1.24 bits per heavy atom. The summed E-state index contributed by atoms with van der Waals surface area (Å²) in [6, 6.07) is 5.74. The van der Waals surface area contributed by atoms with Crippen molar-refractivity contribution in [2.75, 3.05) is 18.8 Å². The molecule has 9 nitrogen and oxygen atoms in total. The molecule has 9 heteroatoms. The average molecular weight is 454 g/mol. The highest BCUT2D eigenvalue weighted by Crippen LogP contribution is 2.37. The number of likely N-dealkylation sites (tertiary alicyclic amines) is 1. The van der Waals surface area contributed by atoms with Gasteiger partial charge in [-0.25, -0.2) is 19.6 Å². The summed E-state index contributed by atoms with van der Waals surface area (Å²) in [5, 5.41) is 5.36. The van der Waals surface area contributed by atoms with E-state index >= 15 is 0 Å². The monoisotopic (exact) mass is 453 g/mol. The lowest BCUT2D eigenvalue weighted by molar-refractivity contribution is -0.125. The Bertz CT molecular complexity index is 1500. The Labute approximate surface area is 195 Å². The standard InChI is InChI=1S/C25H23N7O2/c1-2-21(33)31-11-10-17(13-31)32-24-22(23(26)27-14-28-24)18(30-32)8-6-15-7-9-20-19(12-15)29-25(34-20)16-4-3-5-16/h2,7,9,12,14,16-17H,1,3-5,10-11,13H2,(H2,26,27,28).